The number of hydrogen-bond acceptors (Lipinski definition) is 7. The number of amides is 1. The monoisotopic (exact) mass is 659 g/mol. The Labute approximate surface area is 275 Å². The van der Waals surface area contributed by atoms with Gasteiger partial charge in [0.1, 0.15) is 16.8 Å². The molecule has 0 saturated carbocycles. The summed E-state index contributed by atoms with van der Waals surface area (Å²) in [6.45, 7) is 18.8. The van der Waals surface area contributed by atoms with E-state index in [1.165, 1.54) is 18.2 Å². The van der Waals surface area contributed by atoms with Gasteiger partial charge in [-0.05, 0) is 64.7 Å². The van der Waals surface area contributed by atoms with Gasteiger partial charge >= 0.3 is 0 Å². The quantitative estimate of drug-likeness (QED) is 0.182. The van der Waals surface area contributed by atoms with E-state index >= 15 is 0 Å². The molecule has 2 aromatic rings. The van der Waals surface area contributed by atoms with Gasteiger partial charge in [0.15, 0.2) is 5.78 Å². The summed E-state index contributed by atoms with van der Waals surface area (Å²) in [5.74, 6) is -1.04. The van der Waals surface area contributed by atoms with Crippen LogP contribution < -0.4 is 5.32 Å². The summed E-state index contributed by atoms with van der Waals surface area (Å²) in [5.41, 5.74) is -2.13. The zero-order valence-corrected chi connectivity index (χ0v) is 29.9. The predicted octanol–water partition coefficient (Wildman–Crippen LogP) is 7.09. The van der Waals surface area contributed by atoms with E-state index in [2.05, 4.69) is 5.32 Å². The first-order chi connectivity index (χ1) is 20.9. The number of hydrogen-bond donors (Lipinski definition) is 2. The van der Waals surface area contributed by atoms with Gasteiger partial charge in [-0.15, -0.1) is 0 Å². The first-order valence-electron chi connectivity index (χ1n) is 15.7. The molecule has 0 aliphatic heterocycles. The van der Waals surface area contributed by atoms with Crippen LogP contribution >= 0.6 is 0 Å². The van der Waals surface area contributed by atoms with Gasteiger partial charge in [0.2, 0.25) is 5.91 Å². The fraction of sp³-hybridized carbons (Fsp3) is 0.583. The number of ketones is 2. The number of ether oxygens (including phenoxy) is 2. The number of benzene rings is 2. The van der Waals surface area contributed by atoms with Gasteiger partial charge in [-0.25, -0.2) is 0 Å². The predicted molar refractivity (Wildman–Crippen MR) is 180 cm³/mol. The third-order valence-corrected chi connectivity index (χ3v) is 9.30. The lowest BCUT2D eigenvalue weighted by molar-refractivity contribution is -0.168. The average Bonchev–Trinajstić information content (AvgIpc) is 2.91. The first-order valence-corrected chi connectivity index (χ1v) is 17.2. The van der Waals surface area contributed by atoms with E-state index in [0.717, 1.165) is 5.56 Å². The van der Waals surface area contributed by atoms with Crippen molar-refractivity contribution in [1.82, 2.24) is 0 Å². The minimum absolute atomic E-state index is 0.0264. The third-order valence-electron chi connectivity index (χ3n) is 8.39. The van der Waals surface area contributed by atoms with Crippen molar-refractivity contribution in [1.29, 1.82) is 0 Å². The second kappa shape index (κ2) is 15.3. The zero-order valence-electron chi connectivity index (χ0n) is 29.1. The number of anilines is 1. The molecule has 256 valence electrons. The van der Waals surface area contributed by atoms with Crippen molar-refractivity contribution in [3.8, 4) is 0 Å². The lowest BCUT2D eigenvalue weighted by Gasteiger charge is -2.43. The van der Waals surface area contributed by atoms with Gasteiger partial charge in [-0.3, -0.25) is 18.9 Å². The number of Topliss-reactive ketones (excluding diaryl/α,β-unsaturated/α-hetero) is 2. The minimum Gasteiger partial charge on any atom is -0.375 e. The topological polar surface area (TPSA) is 136 Å². The molecule has 0 aromatic heterocycles. The number of carbonyl (C=O) groups is 3. The molecule has 2 aromatic carbocycles. The van der Waals surface area contributed by atoms with Crippen LogP contribution in [0.15, 0.2) is 59.5 Å². The van der Waals surface area contributed by atoms with Crippen molar-refractivity contribution in [3.05, 3.63) is 60.2 Å². The molecule has 46 heavy (non-hydrogen) atoms. The minimum atomic E-state index is -4.56. The van der Waals surface area contributed by atoms with Crippen molar-refractivity contribution in [2.75, 3.05) is 11.9 Å². The molecule has 0 heterocycles. The molecule has 10 heteroatoms. The van der Waals surface area contributed by atoms with E-state index in [1.807, 2.05) is 99.6 Å². The van der Waals surface area contributed by atoms with Crippen LogP contribution in [0.3, 0.4) is 0 Å². The smallest absolute Gasteiger partial charge is 0.296 e. The maximum Gasteiger partial charge on any atom is 0.296 e. The SMILES string of the molecule is CC(C)(C)OC(Cc1ccccc1)C(=O)C(C)(C)C(C)(C)OCCC(CC(=O)Nc1ccccc1S(=O)(=O)O)CC(=O)C(C)(C)C. The van der Waals surface area contributed by atoms with Crippen LogP contribution in [-0.4, -0.2) is 54.4 Å². The molecule has 0 saturated heterocycles. The highest BCUT2D eigenvalue weighted by Gasteiger charge is 2.47. The van der Waals surface area contributed by atoms with Crippen molar-refractivity contribution in [2.24, 2.45) is 16.7 Å². The van der Waals surface area contributed by atoms with Gasteiger partial charge in [0.05, 0.1) is 22.3 Å². The van der Waals surface area contributed by atoms with Crippen LogP contribution in [0.25, 0.3) is 0 Å². The molecule has 0 bridgehead atoms. The fourth-order valence-electron chi connectivity index (χ4n) is 4.91. The molecule has 2 unspecified atom stereocenters. The molecular weight excluding hydrogens is 606 g/mol. The molecule has 1 amide bonds. The van der Waals surface area contributed by atoms with Crippen LogP contribution in [0.4, 0.5) is 5.69 Å². The van der Waals surface area contributed by atoms with E-state index in [4.69, 9.17) is 9.47 Å². The van der Waals surface area contributed by atoms with Crippen molar-refractivity contribution < 1.29 is 36.8 Å². The molecule has 2 atom stereocenters. The van der Waals surface area contributed by atoms with Gasteiger partial charge in [-0.1, -0.05) is 77.1 Å². The Morgan fingerprint density at radius 2 is 1.39 bits per heavy atom. The summed E-state index contributed by atoms with van der Waals surface area (Å²) >= 11 is 0. The van der Waals surface area contributed by atoms with E-state index in [1.54, 1.807) is 6.07 Å². The van der Waals surface area contributed by atoms with Gasteiger partial charge < -0.3 is 14.8 Å². The van der Waals surface area contributed by atoms with E-state index in [0.29, 0.717) is 12.8 Å². The molecule has 0 spiro atoms. The Balaban J connectivity index is 2.21. The van der Waals surface area contributed by atoms with Crippen LogP contribution in [0.5, 0.6) is 0 Å². The maximum atomic E-state index is 14.1. The molecule has 0 aliphatic carbocycles. The Kier molecular flexibility index (Phi) is 13.1. The lowest BCUT2D eigenvalue weighted by atomic mass is 9.71. The molecule has 0 aliphatic rings. The Bertz CT molecular complexity index is 1450. The number of carbonyl (C=O) groups excluding carboxylic acids is 3. The molecule has 9 nitrogen and oxygen atoms in total. The Morgan fingerprint density at radius 1 is 0.826 bits per heavy atom. The summed E-state index contributed by atoms with van der Waals surface area (Å²) < 4.78 is 45.8. The molecule has 0 radical (unpaired) electrons. The zero-order chi connectivity index (χ0) is 35.1. The highest BCUT2D eigenvalue weighted by Crippen LogP contribution is 2.38. The highest BCUT2D eigenvalue weighted by atomic mass is 32.2. The van der Waals surface area contributed by atoms with Crippen molar-refractivity contribution in [3.63, 3.8) is 0 Å². The number of para-hydroxylation sites is 1. The van der Waals surface area contributed by atoms with E-state index in [-0.39, 0.29) is 36.7 Å². The van der Waals surface area contributed by atoms with Gasteiger partial charge in [0, 0.05) is 31.3 Å². The summed E-state index contributed by atoms with van der Waals surface area (Å²) in [5, 5.41) is 2.57. The Hall–Kier alpha value is -2.92. The fourth-order valence-corrected chi connectivity index (χ4v) is 5.55. The number of rotatable bonds is 16. The molecule has 2 N–H and O–H groups in total. The van der Waals surface area contributed by atoms with Crippen LogP contribution in [0.1, 0.15) is 94.1 Å². The normalized spacial score (nSPS) is 14.4. The summed E-state index contributed by atoms with van der Waals surface area (Å²) in [4.78, 5) is 39.8. The van der Waals surface area contributed by atoms with Gasteiger partial charge in [-0.2, -0.15) is 8.42 Å². The molecular formula is C36H53NO8S. The molecule has 2 rings (SSSR count). The first kappa shape index (κ1) is 39.3. The van der Waals surface area contributed by atoms with Crippen LogP contribution in [0.2, 0.25) is 0 Å². The van der Waals surface area contributed by atoms with Crippen LogP contribution in [0, 0.1) is 16.7 Å². The van der Waals surface area contributed by atoms with E-state index < -0.39 is 55.0 Å². The average molecular weight is 660 g/mol. The highest BCUT2D eigenvalue weighted by molar-refractivity contribution is 7.86. The van der Waals surface area contributed by atoms with Crippen molar-refractivity contribution in [2.45, 2.75) is 117 Å². The lowest BCUT2D eigenvalue weighted by Crippen LogP contribution is -2.53. The van der Waals surface area contributed by atoms with Crippen molar-refractivity contribution >= 4 is 33.3 Å². The largest absolute Gasteiger partial charge is 0.375 e. The molecule has 0 fully saturated rings. The summed E-state index contributed by atoms with van der Waals surface area (Å²) in [6, 6.07) is 15.3. The summed E-state index contributed by atoms with van der Waals surface area (Å²) in [7, 11) is -4.56. The second-order valence-corrected chi connectivity index (χ2v) is 16.4. The van der Waals surface area contributed by atoms with Gasteiger partial charge in [0.25, 0.3) is 10.1 Å². The van der Waals surface area contributed by atoms with E-state index in [9.17, 15) is 27.4 Å². The third kappa shape index (κ3) is 11.7. The summed E-state index contributed by atoms with van der Waals surface area (Å²) in [6.07, 6.45) is 0.0955. The second-order valence-electron chi connectivity index (χ2n) is 15.0. The standard InChI is InChI=1S/C36H53NO8S/c1-33(2,3)30(38)23-26(24-31(39)37-27-18-14-15-19-29(27)46(41,42)43)20-21-44-36(9,10)35(7,8)32(40)28(45-34(4,5)6)22-25-16-12-11-13-17-25/h11-19,26,28H,20-24H2,1-10H3,(H,37,39)(H,41,42,43). The van der Waals surface area contributed by atoms with Crippen LogP contribution in [-0.2, 0) is 40.4 Å². The Morgan fingerprint density at radius 3 is 1.93 bits per heavy atom. The maximum absolute atomic E-state index is 14.1. The number of nitrogens with one attached hydrogen (secondary N) is 1.